The number of benzene rings is 2. The number of nitrogens with zero attached hydrogens (tertiary/aromatic N) is 1. The van der Waals surface area contributed by atoms with Crippen LogP contribution in [-0.4, -0.2) is 35.1 Å². The van der Waals surface area contributed by atoms with Crippen LogP contribution < -0.4 is 15.0 Å². The number of methoxy groups -OCH3 is 1. The van der Waals surface area contributed by atoms with Gasteiger partial charge < -0.3 is 14.3 Å². The molecule has 0 unspecified atom stereocenters. The predicted molar refractivity (Wildman–Crippen MR) is 125 cm³/mol. The zero-order valence-electron chi connectivity index (χ0n) is 17.6. The van der Waals surface area contributed by atoms with Gasteiger partial charge in [-0.3, -0.25) is 19.8 Å². The number of ether oxygens (including phenoxy) is 1. The van der Waals surface area contributed by atoms with E-state index in [1.165, 1.54) is 24.2 Å². The highest BCUT2D eigenvalue weighted by atomic mass is 32.1. The first-order chi connectivity index (χ1) is 15.8. The molecule has 2 heterocycles. The summed E-state index contributed by atoms with van der Waals surface area (Å²) >= 11 is 5.20. The van der Waals surface area contributed by atoms with Crippen LogP contribution in [0.2, 0.25) is 0 Å². The van der Waals surface area contributed by atoms with Crippen LogP contribution in [0.25, 0.3) is 17.4 Å². The molecule has 2 aromatic carbocycles. The topological polar surface area (TPSA) is 109 Å². The summed E-state index contributed by atoms with van der Waals surface area (Å²) in [7, 11) is 1.53. The molecule has 1 fully saturated rings. The molecule has 0 atom stereocenters. The second-order valence-corrected chi connectivity index (χ2v) is 7.53. The Morgan fingerprint density at radius 3 is 2.52 bits per heavy atom. The first-order valence-electron chi connectivity index (χ1n) is 9.78. The molecule has 9 heteroatoms. The molecule has 1 aliphatic heterocycles. The fourth-order valence-electron chi connectivity index (χ4n) is 3.47. The van der Waals surface area contributed by atoms with Gasteiger partial charge in [0.25, 0.3) is 11.8 Å². The average molecular weight is 462 g/mol. The molecule has 0 bridgehead atoms. The second-order valence-electron chi connectivity index (χ2n) is 7.14. The molecule has 0 aliphatic carbocycles. The number of thiocarbonyl (C=S) groups is 1. The molecule has 0 radical (unpaired) electrons. The van der Waals surface area contributed by atoms with Crippen molar-refractivity contribution < 1.29 is 28.6 Å². The Bertz CT molecular complexity index is 1320. The van der Waals surface area contributed by atoms with Gasteiger partial charge >= 0.3 is 5.97 Å². The van der Waals surface area contributed by atoms with E-state index in [1.807, 2.05) is 0 Å². The number of amides is 2. The Morgan fingerprint density at radius 2 is 1.85 bits per heavy atom. The van der Waals surface area contributed by atoms with E-state index in [0.29, 0.717) is 28.3 Å². The summed E-state index contributed by atoms with van der Waals surface area (Å²) in [5, 5.41) is 11.8. The van der Waals surface area contributed by atoms with Gasteiger partial charge in [-0.05, 0) is 73.2 Å². The lowest BCUT2D eigenvalue weighted by atomic mass is 10.0. The highest BCUT2D eigenvalue weighted by Gasteiger charge is 2.34. The van der Waals surface area contributed by atoms with Crippen molar-refractivity contribution in [3.05, 3.63) is 77.1 Å². The van der Waals surface area contributed by atoms with Crippen LogP contribution in [0.15, 0.2) is 64.6 Å². The Balaban J connectivity index is 1.67. The van der Waals surface area contributed by atoms with E-state index in [0.717, 1.165) is 0 Å². The van der Waals surface area contributed by atoms with Crippen molar-refractivity contribution >= 4 is 46.9 Å². The number of carbonyl (C=O) groups excluding carboxylic acids is 2. The average Bonchev–Trinajstić information content (AvgIpc) is 3.25. The number of carboxylic acid groups (broad SMARTS) is 1. The first-order valence-corrected chi connectivity index (χ1v) is 10.2. The van der Waals surface area contributed by atoms with E-state index < -0.39 is 17.8 Å². The molecular formula is C24H18N2O6S. The molecule has 33 heavy (non-hydrogen) atoms. The number of anilines is 1. The van der Waals surface area contributed by atoms with Gasteiger partial charge in [0.2, 0.25) is 0 Å². The normalized spacial score (nSPS) is 15.0. The molecule has 1 saturated heterocycles. The number of carbonyl (C=O) groups is 3. The standard InChI is InChI=1S/C24H18N2O6S/c1-13-17(4-3-5-18(13)23(29)30)20-11-10-16(32-20)12-19-21(27)25-24(33)26(22(19)28)14-6-8-15(31-2)9-7-14/h3-12H,1-2H3,(H,29,30)(H,25,27,33)/b19-12-. The summed E-state index contributed by atoms with van der Waals surface area (Å²) in [5.74, 6) is -1.01. The lowest BCUT2D eigenvalue weighted by molar-refractivity contribution is -0.122. The van der Waals surface area contributed by atoms with Crippen molar-refractivity contribution in [2.45, 2.75) is 6.92 Å². The lowest BCUT2D eigenvalue weighted by Crippen LogP contribution is -2.54. The van der Waals surface area contributed by atoms with E-state index in [9.17, 15) is 19.5 Å². The molecule has 8 nitrogen and oxygen atoms in total. The molecule has 166 valence electrons. The van der Waals surface area contributed by atoms with Crippen LogP contribution in [0, 0.1) is 6.92 Å². The van der Waals surface area contributed by atoms with Crippen LogP contribution in [0.3, 0.4) is 0 Å². The van der Waals surface area contributed by atoms with Crippen molar-refractivity contribution in [2.24, 2.45) is 0 Å². The number of aromatic carboxylic acids is 1. The summed E-state index contributed by atoms with van der Waals surface area (Å²) in [4.78, 5) is 38.3. The monoisotopic (exact) mass is 462 g/mol. The van der Waals surface area contributed by atoms with Crippen LogP contribution >= 0.6 is 12.2 Å². The molecule has 3 aromatic rings. The third-order valence-electron chi connectivity index (χ3n) is 5.18. The number of carboxylic acids is 1. The summed E-state index contributed by atoms with van der Waals surface area (Å²) < 4.78 is 10.9. The SMILES string of the molecule is COc1ccc(N2C(=O)/C(=C\c3ccc(-c4cccc(C(=O)O)c4C)o3)C(=O)NC2=S)cc1. The van der Waals surface area contributed by atoms with E-state index in [2.05, 4.69) is 5.32 Å². The minimum atomic E-state index is -1.04. The Morgan fingerprint density at radius 1 is 1.12 bits per heavy atom. The highest BCUT2D eigenvalue weighted by molar-refractivity contribution is 7.80. The zero-order valence-corrected chi connectivity index (χ0v) is 18.4. The van der Waals surface area contributed by atoms with Gasteiger partial charge in [0.05, 0.1) is 18.4 Å². The van der Waals surface area contributed by atoms with Gasteiger partial charge in [0, 0.05) is 5.56 Å². The van der Waals surface area contributed by atoms with Gasteiger partial charge in [0.15, 0.2) is 5.11 Å². The Hall–Kier alpha value is -4.24. The summed E-state index contributed by atoms with van der Waals surface area (Å²) in [6.07, 6.45) is 1.33. The fraction of sp³-hybridized carbons (Fsp3) is 0.0833. The summed E-state index contributed by atoms with van der Waals surface area (Å²) in [6, 6.07) is 14.8. The smallest absolute Gasteiger partial charge is 0.335 e. The minimum Gasteiger partial charge on any atom is -0.497 e. The van der Waals surface area contributed by atoms with Crippen molar-refractivity contribution in [2.75, 3.05) is 12.0 Å². The Kier molecular flexibility index (Phi) is 5.80. The number of furan rings is 1. The van der Waals surface area contributed by atoms with Gasteiger partial charge in [-0.1, -0.05) is 12.1 Å². The molecule has 4 rings (SSSR count). The van der Waals surface area contributed by atoms with Crippen LogP contribution in [-0.2, 0) is 9.59 Å². The largest absolute Gasteiger partial charge is 0.497 e. The van der Waals surface area contributed by atoms with Crippen molar-refractivity contribution in [1.29, 1.82) is 0 Å². The van der Waals surface area contributed by atoms with E-state index >= 15 is 0 Å². The fourth-order valence-corrected chi connectivity index (χ4v) is 3.76. The maximum absolute atomic E-state index is 13.1. The van der Waals surface area contributed by atoms with Gasteiger partial charge in [-0.15, -0.1) is 0 Å². The van der Waals surface area contributed by atoms with Gasteiger partial charge in [-0.25, -0.2) is 4.79 Å². The van der Waals surface area contributed by atoms with Crippen LogP contribution in [0.1, 0.15) is 21.7 Å². The molecule has 0 saturated carbocycles. The van der Waals surface area contributed by atoms with E-state index in [4.69, 9.17) is 21.4 Å². The second kappa shape index (κ2) is 8.71. The highest BCUT2D eigenvalue weighted by Crippen LogP contribution is 2.29. The van der Waals surface area contributed by atoms with Crippen molar-refractivity contribution in [3.8, 4) is 17.1 Å². The maximum Gasteiger partial charge on any atom is 0.335 e. The molecule has 2 N–H and O–H groups in total. The molecule has 1 aliphatic rings. The minimum absolute atomic E-state index is 0.0337. The molecule has 1 aromatic heterocycles. The van der Waals surface area contributed by atoms with Crippen molar-refractivity contribution in [1.82, 2.24) is 5.32 Å². The number of nitrogens with one attached hydrogen (secondary N) is 1. The molecule has 2 amide bonds. The maximum atomic E-state index is 13.1. The summed E-state index contributed by atoms with van der Waals surface area (Å²) in [6.45, 7) is 1.69. The summed E-state index contributed by atoms with van der Waals surface area (Å²) in [5.41, 5.74) is 1.62. The predicted octanol–water partition coefficient (Wildman–Crippen LogP) is 3.79. The van der Waals surface area contributed by atoms with Crippen LogP contribution in [0.5, 0.6) is 5.75 Å². The van der Waals surface area contributed by atoms with E-state index in [1.54, 1.807) is 55.5 Å². The number of hydrogen-bond acceptors (Lipinski definition) is 6. The number of hydrogen-bond donors (Lipinski definition) is 2. The van der Waals surface area contributed by atoms with E-state index in [-0.39, 0.29) is 22.0 Å². The zero-order chi connectivity index (χ0) is 23.7. The van der Waals surface area contributed by atoms with Gasteiger partial charge in [0.1, 0.15) is 22.8 Å². The van der Waals surface area contributed by atoms with Crippen molar-refractivity contribution in [3.63, 3.8) is 0 Å². The van der Waals surface area contributed by atoms with Gasteiger partial charge in [-0.2, -0.15) is 0 Å². The number of rotatable bonds is 5. The quantitative estimate of drug-likeness (QED) is 0.337. The third-order valence-corrected chi connectivity index (χ3v) is 5.46. The Labute approximate surface area is 194 Å². The molecular weight excluding hydrogens is 444 g/mol. The molecule has 0 spiro atoms. The first kappa shape index (κ1) is 22.0. The third kappa shape index (κ3) is 4.13. The van der Waals surface area contributed by atoms with Crippen LogP contribution in [0.4, 0.5) is 5.69 Å². The lowest BCUT2D eigenvalue weighted by Gasteiger charge is -2.28.